The molecule has 2 N–H and O–H groups in total. The Hall–Kier alpha value is -0.130. The van der Waals surface area contributed by atoms with E-state index in [1.54, 1.807) is 0 Å². The summed E-state index contributed by atoms with van der Waals surface area (Å²) in [7, 11) is -3.12. The molecule has 0 bridgehead atoms. The van der Waals surface area contributed by atoms with E-state index in [4.69, 9.17) is 0 Å². The third-order valence-electron chi connectivity index (χ3n) is 4.59. The summed E-state index contributed by atoms with van der Waals surface area (Å²) in [4.78, 5) is 0. The Labute approximate surface area is 110 Å². The van der Waals surface area contributed by atoms with E-state index >= 15 is 0 Å². The quantitative estimate of drug-likeness (QED) is 0.801. The monoisotopic (exact) mass is 275 g/mol. The van der Waals surface area contributed by atoms with E-state index in [0.717, 1.165) is 51.4 Å². The van der Waals surface area contributed by atoms with Crippen molar-refractivity contribution >= 4 is 10.0 Å². The lowest BCUT2D eigenvalue weighted by Gasteiger charge is -2.30. The van der Waals surface area contributed by atoms with Crippen molar-refractivity contribution in [2.75, 3.05) is 13.2 Å². The summed E-state index contributed by atoms with van der Waals surface area (Å²) in [5, 5.41) is 9.15. The van der Waals surface area contributed by atoms with Crippen LogP contribution >= 0.6 is 0 Å². The molecule has 0 aromatic carbocycles. The molecule has 0 spiro atoms. The van der Waals surface area contributed by atoms with Gasteiger partial charge in [-0.3, -0.25) is 0 Å². The average Bonchev–Trinajstić information content (AvgIpc) is 2.91. The number of hydrogen-bond donors (Lipinski definition) is 2. The third-order valence-corrected chi connectivity index (χ3v) is 6.51. The van der Waals surface area contributed by atoms with Crippen LogP contribution in [0.25, 0.3) is 0 Å². The van der Waals surface area contributed by atoms with E-state index in [0.29, 0.717) is 12.5 Å². The smallest absolute Gasteiger partial charge is 0.214 e. The Balaban J connectivity index is 1.85. The highest BCUT2D eigenvalue weighted by Crippen LogP contribution is 2.30. The number of nitrogens with one attached hydrogen (secondary N) is 1. The second-order valence-corrected chi connectivity index (χ2v) is 7.83. The predicted octanol–water partition coefficient (Wildman–Crippen LogP) is 1.65. The van der Waals surface area contributed by atoms with Crippen LogP contribution < -0.4 is 4.72 Å². The number of sulfonamides is 1. The zero-order valence-electron chi connectivity index (χ0n) is 11.0. The van der Waals surface area contributed by atoms with Crippen LogP contribution in [0.4, 0.5) is 0 Å². The molecule has 2 aliphatic rings. The van der Waals surface area contributed by atoms with Crippen molar-refractivity contribution in [2.24, 2.45) is 11.8 Å². The van der Waals surface area contributed by atoms with Crippen molar-refractivity contribution in [3.8, 4) is 0 Å². The maximum atomic E-state index is 12.1. The number of aliphatic hydroxyl groups excluding tert-OH is 1. The van der Waals surface area contributed by atoms with E-state index in [9.17, 15) is 13.5 Å². The molecule has 5 heteroatoms. The van der Waals surface area contributed by atoms with Crippen LogP contribution in [0.3, 0.4) is 0 Å². The molecule has 106 valence electrons. The molecule has 2 aliphatic carbocycles. The van der Waals surface area contributed by atoms with E-state index in [1.165, 1.54) is 0 Å². The van der Waals surface area contributed by atoms with Crippen LogP contribution in [-0.2, 0) is 10.0 Å². The van der Waals surface area contributed by atoms with Gasteiger partial charge in [0.25, 0.3) is 0 Å². The average molecular weight is 275 g/mol. The topological polar surface area (TPSA) is 66.4 Å². The molecule has 0 heterocycles. The minimum atomic E-state index is -3.12. The van der Waals surface area contributed by atoms with Gasteiger partial charge in [0.2, 0.25) is 10.0 Å². The van der Waals surface area contributed by atoms with Crippen LogP contribution in [-0.4, -0.2) is 31.9 Å². The largest absolute Gasteiger partial charge is 0.396 e. The summed E-state index contributed by atoms with van der Waals surface area (Å²) in [5.74, 6) is 0.602. The lowest BCUT2D eigenvalue weighted by atomic mass is 9.80. The second kappa shape index (κ2) is 6.35. The van der Waals surface area contributed by atoms with Crippen molar-refractivity contribution in [2.45, 2.75) is 56.6 Å². The van der Waals surface area contributed by atoms with Crippen molar-refractivity contribution in [3.05, 3.63) is 0 Å². The zero-order valence-corrected chi connectivity index (χ0v) is 11.8. The Kier molecular flexibility index (Phi) is 5.04. The summed E-state index contributed by atoms with van der Waals surface area (Å²) < 4.78 is 27.0. The standard InChI is InChI=1S/C13H25NO3S/c15-10-12-6-2-1-5-11(12)9-14-18(16,17)13-7-3-4-8-13/h11-15H,1-10H2. The van der Waals surface area contributed by atoms with Crippen molar-refractivity contribution in [1.29, 1.82) is 0 Å². The maximum Gasteiger partial charge on any atom is 0.214 e. The fourth-order valence-electron chi connectivity index (χ4n) is 3.33. The van der Waals surface area contributed by atoms with Gasteiger partial charge < -0.3 is 5.11 Å². The summed E-state index contributed by atoms with van der Waals surface area (Å²) in [5.41, 5.74) is 0. The van der Waals surface area contributed by atoms with E-state index in [-0.39, 0.29) is 17.8 Å². The van der Waals surface area contributed by atoms with Gasteiger partial charge in [-0.2, -0.15) is 0 Å². The first-order valence-corrected chi connectivity index (χ1v) is 8.77. The number of rotatable bonds is 5. The third kappa shape index (κ3) is 3.45. The van der Waals surface area contributed by atoms with Crippen LogP contribution in [0.2, 0.25) is 0 Å². The Morgan fingerprint density at radius 2 is 1.50 bits per heavy atom. The maximum absolute atomic E-state index is 12.1. The fourth-order valence-corrected chi connectivity index (χ4v) is 4.97. The lowest BCUT2D eigenvalue weighted by molar-refractivity contribution is 0.136. The molecule has 0 amide bonds. The van der Waals surface area contributed by atoms with Crippen LogP contribution in [0.15, 0.2) is 0 Å². The van der Waals surface area contributed by atoms with Crippen LogP contribution in [0.5, 0.6) is 0 Å². The van der Waals surface area contributed by atoms with E-state index in [1.807, 2.05) is 0 Å². The first kappa shape index (κ1) is 14.3. The summed E-state index contributed by atoms with van der Waals surface area (Å²) in [6, 6.07) is 0. The van der Waals surface area contributed by atoms with Crippen molar-refractivity contribution in [3.63, 3.8) is 0 Å². The SMILES string of the molecule is O=S(=O)(NCC1CCCCC1CO)C1CCCC1. The molecule has 2 atom stereocenters. The van der Waals surface area contributed by atoms with Gasteiger partial charge >= 0.3 is 0 Å². The van der Waals surface area contributed by atoms with Crippen LogP contribution in [0, 0.1) is 11.8 Å². The van der Waals surface area contributed by atoms with Gasteiger partial charge in [-0.15, -0.1) is 0 Å². The first-order valence-electron chi connectivity index (χ1n) is 7.23. The molecular weight excluding hydrogens is 250 g/mol. The van der Waals surface area contributed by atoms with Gasteiger partial charge in [0.15, 0.2) is 0 Å². The van der Waals surface area contributed by atoms with Gasteiger partial charge in [-0.1, -0.05) is 25.7 Å². The molecule has 0 radical (unpaired) electrons. The van der Waals surface area contributed by atoms with Gasteiger partial charge in [0.1, 0.15) is 0 Å². The number of aliphatic hydroxyl groups is 1. The molecule has 0 aliphatic heterocycles. The van der Waals surface area contributed by atoms with E-state index < -0.39 is 10.0 Å². The minimum Gasteiger partial charge on any atom is -0.396 e. The summed E-state index contributed by atoms with van der Waals surface area (Å²) in [6.45, 7) is 0.708. The molecular formula is C13H25NO3S. The number of hydrogen-bond acceptors (Lipinski definition) is 3. The minimum absolute atomic E-state index is 0.173. The predicted molar refractivity (Wildman–Crippen MR) is 71.7 cm³/mol. The normalized spacial score (nSPS) is 30.7. The van der Waals surface area contributed by atoms with Gasteiger partial charge in [0, 0.05) is 13.2 Å². The molecule has 2 rings (SSSR count). The Bertz CT molecular complexity index is 349. The Morgan fingerprint density at radius 3 is 2.11 bits per heavy atom. The molecule has 2 unspecified atom stereocenters. The molecule has 0 saturated heterocycles. The van der Waals surface area contributed by atoms with E-state index in [2.05, 4.69) is 4.72 Å². The summed E-state index contributed by atoms with van der Waals surface area (Å²) >= 11 is 0. The van der Waals surface area contributed by atoms with Gasteiger partial charge in [-0.25, -0.2) is 13.1 Å². The molecule has 2 saturated carbocycles. The molecule has 0 aromatic rings. The van der Waals surface area contributed by atoms with Gasteiger partial charge in [0.05, 0.1) is 5.25 Å². The lowest BCUT2D eigenvalue weighted by Crippen LogP contribution is -2.39. The van der Waals surface area contributed by atoms with Crippen LogP contribution in [0.1, 0.15) is 51.4 Å². The fraction of sp³-hybridized carbons (Fsp3) is 1.00. The van der Waals surface area contributed by atoms with Crippen molar-refractivity contribution < 1.29 is 13.5 Å². The first-order chi connectivity index (χ1) is 8.63. The highest BCUT2D eigenvalue weighted by molar-refractivity contribution is 7.90. The molecule has 0 aromatic heterocycles. The Morgan fingerprint density at radius 1 is 0.944 bits per heavy atom. The highest BCUT2D eigenvalue weighted by atomic mass is 32.2. The highest BCUT2D eigenvalue weighted by Gasteiger charge is 2.31. The molecule has 4 nitrogen and oxygen atoms in total. The molecule has 2 fully saturated rings. The van der Waals surface area contributed by atoms with Crippen molar-refractivity contribution in [1.82, 2.24) is 4.72 Å². The summed E-state index contributed by atoms with van der Waals surface area (Å²) in [6.07, 6.45) is 8.09. The molecule has 18 heavy (non-hydrogen) atoms. The zero-order chi connectivity index (χ0) is 13.0. The second-order valence-electron chi connectivity index (χ2n) is 5.79. The van der Waals surface area contributed by atoms with Gasteiger partial charge in [-0.05, 0) is 37.5 Å².